The van der Waals surface area contributed by atoms with E-state index in [9.17, 15) is 9.59 Å². The van der Waals surface area contributed by atoms with Crippen molar-refractivity contribution in [3.63, 3.8) is 0 Å². The molecule has 1 atom stereocenters. The van der Waals surface area contributed by atoms with Crippen molar-refractivity contribution >= 4 is 17.5 Å². The predicted molar refractivity (Wildman–Crippen MR) is 95.2 cm³/mol. The summed E-state index contributed by atoms with van der Waals surface area (Å²) in [6, 6.07) is 5.42. The van der Waals surface area contributed by atoms with E-state index in [1.807, 2.05) is 19.1 Å². The Kier molecular flexibility index (Phi) is 6.79. The molecule has 0 aliphatic heterocycles. The molecule has 1 aliphatic rings. The molecule has 0 spiro atoms. The van der Waals surface area contributed by atoms with Crippen LogP contribution < -0.4 is 10.6 Å². The van der Waals surface area contributed by atoms with Crippen LogP contribution in [0, 0.1) is 6.92 Å². The molecule has 1 aliphatic carbocycles. The van der Waals surface area contributed by atoms with Crippen LogP contribution in [0.15, 0.2) is 18.2 Å². The first-order valence-electron chi connectivity index (χ1n) is 8.81. The number of rotatable bonds is 5. The lowest BCUT2D eigenvalue weighted by molar-refractivity contribution is -0.130. The van der Waals surface area contributed by atoms with Crippen LogP contribution in [0.3, 0.4) is 0 Å². The molecule has 5 nitrogen and oxygen atoms in total. The summed E-state index contributed by atoms with van der Waals surface area (Å²) >= 11 is 0. The minimum atomic E-state index is -0.536. The molecule has 0 heterocycles. The van der Waals surface area contributed by atoms with Crippen molar-refractivity contribution in [2.45, 2.75) is 64.6 Å². The SMILES string of the molecule is CNC(=O)c1c(C)cccc1NC(=O)C(C)OC1CCCCCC1. The molecule has 132 valence electrons. The van der Waals surface area contributed by atoms with Crippen LogP contribution in [0.1, 0.15) is 61.4 Å². The lowest BCUT2D eigenvalue weighted by atomic mass is 10.1. The van der Waals surface area contributed by atoms with Gasteiger partial charge in [0.2, 0.25) is 0 Å². The number of benzene rings is 1. The largest absolute Gasteiger partial charge is 0.365 e. The van der Waals surface area contributed by atoms with Crippen LogP contribution in [0.2, 0.25) is 0 Å². The molecule has 1 unspecified atom stereocenters. The molecule has 2 amide bonds. The maximum Gasteiger partial charge on any atom is 0.253 e. The van der Waals surface area contributed by atoms with Gasteiger partial charge in [0.1, 0.15) is 6.10 Å². The quantitative estimate of drug-likeness (QED) is 0.812. The van der Waals surface area contributed by atoms with Gasteiger partial charge in [0.05, 0.1) is 17.4 Å². The molecule has 2 rings (SSSR count). The van der Waals surface area contributed by atoms with Crippen LogP contribution in [0.4, 0.5) is 5.69 Å². The molecule has 1 fully saturated rings. The number of carbonyl (C=O) groups excluding carboxylic acids is 2. The van der Waals surface area contributed by atoms with Gasteiger partial charge < -0.3 is 15.4 Å². The number of aryl methyl sites for hydroxylation is 1. The predicted octanol–water partition coefficient (Wildman–Crippen LogP) is 3.42. The lowest BCUT2D eigenvalue weighted by Gasteiger charge is -2.21. The zero-order valence-electron chi connectivity index (χ0n) is 14.9. The molecule has 0 saturated heterocycles. The highest BCUT2D eigenvalue weighted by Crippen LogP contribution is 2.23. The maximum atomic E-state index is 12.5. The maximum absolute atomic E-state index is 12.5. The Morgan fingerprint density at radius 2 is 1.83 bits per heavy atom. The standard InChI is InChI=1S/C19H28N2O3/c1-13-9-8-12-16(17(13)19(23)20-3)21-18(22)14(2)24-15-10-6-4-5-7-11-15/h8-9,12,14-15H,4-7,10-11H2,1-3H3,(H,20,23)(H,21,22). The Labute approximate surface area is 144 Å². The first kappa shape index (κ1) is 18.5. The van der Waals surface area contributed by atoms with E-state index in [-0.39, 0.29) is 17.9 Å². The van der Waals surface area contributed by atoms with Crippen LogP contribution in [-0.2, 0) is 9.53 Å². The summed E-state index contributed by atoms with van der Waals surface area (Å²) in [4.78, 5) is 24.5. The van der Waals surface area contributed by atoms with Gasteiger partial charge in [-0.05, 0) is 38.3 Å². The smallest absolute Gasteiger partial charge is 0.253 e. The number of anilines is 1. The van der Waals surface area contributed by atoms with E-state index in [0.29, 0.717) is 11.3 Å². The van der Waals surface area contributed by atoms with E-state index >= 15 is 0 Å². The average Bonchev–Trinajstić information content (AvgIpc) is 2.83. The first-order chi connectivity index (χ1) is 11.5. The fourth-order valence-electron chi connectivity index (χ4n) is 3.16. The second-order valence-electron chi connectivity index (χ2n) is 6.46. The monoisotopic (exact) mass is 332 g/mol. The summed E-state index contributed by atoms with van der Waals surface area (Å²) in [5.41, 5.74) is 1.84. The van der Waals surface area contributed by atoms with Gasteiger partial charge in [-0.2, -0.15) is 0 Å². The highest BCUT2D eigenvalue weighted by molar-refractivity contribution is 6.05. The van der Waals surface area contributed by atoms with E-state index in [1.54, 1.807) is 20.0 Å². The molecule has 0 aromatic heterocycles. The molecular formula is C19H28N2O3. The van der Waals surface area contributed by atoms with Gasteiger partial charge in [-0.15, -0.1) is 0 Å². The van der Waals surface area contributed by atoms with E-state index in [0.717, 1.165) is 31.2 Å². The third-order valence-electron chi connectivity index (χ3n) is 4.55. The summed E-state index contributed by atoms with van der Waals surface area (Å²) in [5, 5.41) is 5.46. The Balaban J connectivity index is 2.03. The Bertz CT molecular complexity index is 578. The second kappa shape index (κ2) is 8.83. The van der Waals surface area contributed by atoms with E-state index in [2.05, 4.69) is 10.6 Å². The Morgan fingerprint density at radius 3 is 2.46 bits per heavy atom. The highest BCUT2D eigenvalue weighted by atomic mass is 16.5. The number of ether oxygens (including phenoxy) is 1. The molecule has 2 N–H and O–H groups in total. The zero-order chi connectivity index (χ0) is 17.5. The third kappa shape index (κ3) is 4.81. The number of carbonyl (C=O) groups is 2. The van der Waals surface area contributed by atoms with Crippen molar-refractivity contribution in [2.24, 2.45) is 0 Å². The fraction of sp³-hybridized carbons (Fsp3) is 0.579. The summed E-state index contributed by atoms with van der Waals surface area (Å²) in [6.07, 6.45) is 6.49. The van der Waals surface area contributed by atoms with Gasteiger partial charge in [0.25, 0.3) is 11.8 Å². The van der Waals surface area contributed by atoms with Crippen molar-refractivity contribution in [1.82, 2.24) is 5.32 Å². The van der Waals surface area contributed by atoms with Crippen LogP contribution in [0.5, 0.6) is 0 Å². The van der Waals surface area contributed by atoms with Crippen molar-refractivity contribution in [3.8, 4) is 0 Å². The van der Waals surface area contributed by atoms with Gasteiger partial charge in [-0.25, -0.2) is 0 Å². The number of nitrogens with one attached hydrogen (secondary N) is 2. The molecule has 24 heavy (non-hydrogen) atoms. The van der Waals surface area contributed by atoms with Gasteiger partial charge in [-0.1, -0.05) is 37.8 Å². The number of hydrogen-bond acceptors (Lipinski definition) is 3. The minimum absolute atomic E-state index is 0.157. The van der Waals surface area contributed by atoms with E-state index < -0.39 is 6.10 Å². The molecule has 1 aromatic rings. The lowest BCUT2D eigenvalue weighted by Crippen LogP contribution is -2.32. The van der Waals surface area contributed by atoms with Gasteiger partial charge >= 0.3 is 0 Å². The summed E-state index contributed by atoms with van der Waals surface area (Å²) in [7, 11) is 1.58. The molecule has 0 radical (unpaired) electrons. The number of amides is 2. The van der Waals surface area contributed by atoms with Crippen molar-refractivity contribution in [1.29, 1.82) is 0 Å². The van der Waals surface area contributed by atoms with Crippen molar-refractivity contribution < 1.29 is 14.3 Å². The normalized spacial score (nSPS) is 17.0. The topological polar surface area (TPSA) is 67.4 Å². The molecule has 1 aromatic carbocycles. The van der Waals surface area contributed by atoms with Gasteiger partial charge in [0.15, 0.2) is 0 Å². The summed E-state index contributed by atoms with van der Waals surface area (Å²) in [6.45, 7) is 3.63. The molecule has 0 bridgehead atoms. The van der Waals surface area contributed by atoms with Gasteiger partial charge in [-0.3, -0.25) is 9.59 Å². The Morgan fingerprint density at radius 1 is 1.17 bits per heavy atom. The highest BCUT2D eigenvalue weighted by Gasteiger charge is 2.22. The Hall–Kier alpha value is -1.88. The van der Waals surface area contributed by atoms with Crippen LogP contribution in [-0.4, -0.2) is 31.1 Å². The average molecular weight is 332 g/mol. The van der Waals surface area contributed by atoms with Crippen LogP contribution in [0.25, 0.3) is 0 Å². The third-order valence-corrected chi connectivity index (χ3v) is 4.55. The van der Waals surface area contributed by atoms with Crippen molar-refractivity contribution in [2.75, 3.05) is 12.4 Å². The molecular weight excluding hydrogens is 304 g/mol. The fourth-order valence-corrected chi connectivity index (χ4v) is 3.16. The van der Waals surface area contributed by atoms with Crippen LogP contribution >= 0.6 is 0 Å². The second-order valence-corrected chi connectivity index (χ2v) is 6.46. The summed E-state index contributed by atoms with van der Waals surface area (Å²) < 4.78 is 5.95. The first-order valence-corrected chi connectivity index (χ1v) is 8.81. The summed E-state index contributed by atoms with van der Waals surface area (Å²) in [5.74, 6) is -0.421. The molecule has 1 saturated carbocycles. The zero-order valence-corrected chi connectivity index (χ0v) is 14.9. The molecule has 5 heteroatoms. The van der Waals surface area contributed by atoms with E-state index in [4.69, 9.17) is 4.74 Å². The van der Waals surface area contributed by atoms with Gasteiger partial charge in [0, 0.05) is 7.05 Å². The minimum Gasteiger partial charge on any atom is -0.365 e. The van der Waals surface area contributed by atoms with E-state index in [1.165, 1.54) is 12.8 Å². The number of hydrogen-bond donors (Lipinski definition) is 2. The van der Waals surface area contributed by atoms with Crippen molar-refractivity contribution in [3.05, 3.63) is 29.3 Å².